The predicted octanol–water partition coefficient (Wildman–Crippen LogP) is 9.03. The monoisotopic (exact) mass is 1040 g/mol. The maximum absolute atomic E-state index is 14.6. The number of benzene rings is 2. The number of thiazole rings is 1. The van der Waals surface area contributed by atoms with Crippen molar-refractivity contribution in [1.29, 1.82) is 0 Å². The van der Waals surface area contributed by atoms with Crippen LogP contribution in [-0.4, -0.2) is 98.8 Å². The van der Waals surface area contributed by atoms with E-state index in [1.165, 1.54) is 9.78 Å². The number of amides is 3. The van der Waals surface area contributed by atoms with Crippen LogP contribution >= 0.6 is 34.3 Å². The van der Waals surface area contributed by atoms with Gasteiger partial charge in [0.2, 0.25) is 23.6 Å². The summed E-state index contributed by atoms with van der Waals surface area (Å²) in [6.45, 7) is 15.9. The molecule has 7 aromatic rings. The molecule has 378 valence electrons. The minimum atomic E-state index is -0.857. The van der Waals surface area contributed by atoms with Gasteiger partial charge in [0.05, 0.1) is 46.6 Å². The fourth-order valence-corrected chi connectivity index (χ4v) is 12.2. The van der Waals surface area contributed by atoms with Gasteiger partial charge in [-0.3, -0.25) is 28.6 Å². The van der Waals surface area contributed by atoms with Gasteiger partial charge in [0.1, 0.15) is 35.1 Å². The molecule has 10 rings (SSSR count). The van der Waals surface area contributed by atoms with E-state index in [9.17, 15) is 19.5 Å². The maximum atomic E-state index is 14.6. The topological polar surface area (TPSA) is 195 Å². The average Bonchev–Trinajstić information content (AvgIpc) is 4.19. The van der Waals surface area contributed by atoms with Gasteiger partial charge in [-0.15, -0.1) is 32.9 Å². The van der Waals surface area contributed by atoms with E-state index in [0.717, 1.165) is 66.1 Å². The number of nitrogens with zero attached hydrogens (tertiary/aromatic N) is 9. The molecule has 3 N–H and O–H groups in total. The lowest BCUT2D eigenvalue weighted by molar-refractivity contribution is -0.144. The minimum Gasteiger partial charge on any atom is -0.474 e. The number of aryl methyl sites for hydroxylation is 3. The highest BCUT2D eigenvalue weighted by atomic mass is 35.5. The number of β-amino-alcohol motifs (C(OH)–C–C–N with tert-alkyl or cyclic N) is 1. The molecule has 3 aliphatic rings. The highest BCUT2D eigenvalue weighted by molar-refractivity contribution is 7.15. The maximum Gasteiger partial charge on any atom is 0.248 e. The van der Waals surface area contributed by atoms with Crippen LogP contribution in [0.2, 0.25) is 5.02 Å². The fourth-order valence-electron chi connectivity index (χ4n) is 10.1. The van der Waals surface area contributed by atoms with E-state index in [1.807, 2.05) is 118 Å². The van der Waals surface area contributed by atoms with Gasteiger partial charge in [-0.05, 0) is 80.5 Å². The van der Waals surface area contributed by atoms with Crippen LogP contribution in [0.1, 0.15) is 116 Å². The van der Waals surface area contributed by atoms with Crippen molar-refractivity contribution in [3.05, 3.63) is 134 Å². The molecule has 5 atom stereocenters. The zero-order valence-corrected chi connectivity index (χ0v) is 44.3. The van der Waals surface area contributed by atoms with Crippen molar-refractivity contribution in [3.63, 3.8) is 0 Å². The predicted molar refractivity (Wildman–Crippen MR) is 282 cm³/mol. The van der Waals surface area contributed by atoms with Gasteiger partial charge >= 0.3 is 0 Å². The summed E-state index contributed by atoms with van der Waals surface area (Å²) < 4.78 is 10.0. The summed E-state index contributed by atoms with van der Waals surface area (Å²) in [6.07, 6.45) is 5.61. The summed E-state index contributed by atoms with van der Waals surface area (Å²) in [5.41, 5.74) is 9.55. The molecule has 0 unspecified atom stereocenters. The van der Waals surface area contributed by atoms with Gasteiger partial charge in [0, 0.05) is 76.9 Å². The Morgan fingerprint density at radius 3 is 2.38 bits per heavy atom. The zero-order chi connectivity index (χ0) is 51.5. The molecule has 2 fully saturated rings. The summed E-state index contributed by atoms with van der Waals surface area (Å²) in [6, 6.07) is 16.7. The molecule has 1 aliphatic carbocycles. The number of carbonyl (C=O) groups excluding carboxylic acids is 3. The number of aliphatic hydroxyl groups excluding tert-OH is 1. The molecule has 2 aromatic carbocycles. The summed E-state index contributed by atoms with van der Waals surface area (Å²) in [5.74, 6) is 1.02. The smallest absolute Gasteiger partial charge is 0.248 e. The Kier molecular flexibility index (Phi) is 13.7. The van der Waals surface area contributed by atoms with Crippen molar-refractivity contribution >= 4 is 57.7 Å². The number of rotatable bonds is 13. The van der Waals surface area contributed by atoms with E-state index >= 15 is 0 Å². The van der Waals surface area contributed by atoms with Gasteiger partial charge < -0.3 is 25.4 Å². The molecule has 3 amide bonds. The number of pyridine rings is 1. The van der Waals surface area contributed by atoms with Crippen molar-refractivity contribution in [2.75, 3.05) is 6.54 Å². The normalized spacial score (nSPS) is 20.3. The van der Waals surface area contributed by atoms with E-state index in [2.05, 4.69) is 44.6 Å². The lowest BCUT2D eigenvalue weighted by atomic mass is 9.85. The van der Waals surface area contributed by atoms with E-state index < -0.39 is 29.6 Å². The Hall–Kier alpha value is -6.60. The van der Waals surface area contributed by atoms with E-state index in [4.69, 9.17) is 26.4 Å². The summed E-state index contributed by atoms with van der Waals surface area (Å²) in [7, 11) is 0. The molecule has 0 bridgehead atoms. The molecule has 1 saturated carbocycles. The Balaban J connectivity index is 0.772. The molecule has 0 radical (unpaired) electrons. The third kappa shape index (κ3) is 10.1. The standard InChI is InChI=1S/C54H58ClN11O5S2/c1-28-31(4)73-53-46(28)47(34-13-15-38(55)16-14-34)61-42(50-63-62-32(5)66(50)53)23-44(68)60-39-20-41(21-39)71-45-19-36(17-18-56-45)37-24-58-65(25-37)49(54(6,7)8)52(70)64-26-40(67)22-43(64)51(69)59-29(2)33-9-11-35(12-10-33)48-30(3)57-27-72-48/h9-19,24-25,27,29,39-43,49,67H,20-23,26H2,1-8H3,(H,59,69)(H,60,68)/t29-,39-,40+,41+,42-,43-,49-/m0/s1. The molecule has 73 heavy (non-hydrogen) atoms. The number of aromatic nitrogens is 7. The third-order valence-electron chi connectivity index (χ3n) is 14.1. The average molecular weight is 1040 g/mol. The van der Waals surface area contributed by atoms with E-state index in [0.29, 0.717) is 29.6 Å². The molecular weight excluding hydrogens is 982 g/mol. The highest BCUT2D eigenvalue weighted by Crippen LogP contribution is 2.41. The molecule has 1 saturated heterocycles. The molecule has 5 aromatic heterocycles. The van der Waals surface area contributed by atoms with Crippen molar-refractivity contribution in [1.82, 2.24) is 50.0 Å². The van der Waals surface area contributed by atoms with Crippen LogP contribution in [0.5, 0.6) is 5.88 Å². The fraction of sp³-hybridized carbons (Fsp3) is 0.389. The largest absolute Gasteiger partial charge is 0.474 e. The van der Waals surface area contributed by atoms with Crippen LogP contribution in [0, 0.1) is 33.1 Å². The zero-order valence-electron chi connectivity index (χ0n) is 42.0. The molecule has 0 spiro atoms. The quantitative estimate of drug-likeness (QED) is 0.100. The number of fused-ring (bicyclic) bond motifs is 3. The molecule has 16 nitrogen and oxygen atoms in total. The number of halogens is 1. The highest BCUT2D eigenvalue weighted by Gasteiger charge is 2.45. The molecular formula is C54H58ClN11O5S2. The van der Waals surface area contributed by atoms with Crippen LogP contribution in [0.25, 0.3) is 26.6 Å². The van der Waals surface area contributed by atoms with E-state index in [1.54, 1.807) is 39.7 Å². The van der Waals surface area contributed by atoms with Gasteiger partial charge in [-0.1, -0.05) is 68.8 Å². The second-order valence-corrected chi connectivity index (χ2v) is 23.0. The lowest BCUT2D eigenvalue weighted by Crippen LogP contribution is -2.50. The first-order valence-corrected chi connectivity index (χ1v) is 26.6. The van der Waals surface area contributed by atoms with Crippen LogP contribution in [0.15, 0.2) is 89.8 Å². The summed E-state index contributed by atoms with van der Waals surface area (Å²) in [5, 5.41) is 32.4. The van der Waals surface area contributed by atoms with Crippen LogP contribution in [0.3, 0.4) is 0 Å². The van der Waals surface area contributed by atoms with Crippen LogP contribution in [-0.2, 0) is 14.4 Å². The lowest BCUT2D eigenvalue weighted by Gasteiger charge is -2.35. The Labute approximate surface area is 436 Å². The minimum absolute atomic E-state index is 0.0341. The van der Waals surface area contributed by atoms with Gasteiger partial charge in [-0.25, -0.2) is 9.97 Å². The Morgan fingerprint density at radius 2 is 1.67 bits per heavy atom. The number of hydrogen-bond acceptors (Lipinski definition) is 13. The number of likely N-dealkylation sites (tertiary alicyclic amines) is 1. The Bertz CT molecular complexity index is 3240. The van der Waals surface area contributed by atoms with Gasteiger partial charge in [0.15, 0.2) is 5.82 Å². The first-order chi connectivity index (χ1) is 34.9. The first-order valence-electron chi connectivity index (χ1n) is 24.5. The molecule has 2 aliphatic heterocycles. The van der Waals surface area contributed by atoms with Crippen LogP contribution < -0.4 is 15.4 Å². The van der Waals surface area contributed by atoms with Crippen molar-refractivity contribution in [3.8, 4) is 32.4 Å². The van der Waals surface area contributed by atoms with Crippen molar-refractivity contribution < 1.29 is 24.2 Å². The van der Waals surface area contributed by atoms with Gasteiger partial charge in [-0.2, -0.15) is 5.10 Å². The second-order valence-electron chi connectivity index (χ2n) is 20.5. The van der Waals surface area contributed by atoms with E-state index in [-0.39, 0.29) is 55.3 Å². The number of hydrogen-bond donors (Lipinski definition) is 3. The SMILES string of the molecule is Cc1ncsc1-c1ccc([C@H](C)NC(=O)[C@@H]2C[C@@H](O)CN2C(=O)[C@H](n2cc(-c3ccnc(O[C@H]4C[C@@H](NC(=O)C[C@@H]5N=C(c6ccc(Cl)cc6)c6c(sc(C)c6C)-n6c(C)nnc65)C4)c3)cn2)C(C)(C)C)cc1. The second kappa shape index (κ2) is 20.0. The van der Waals surface area contributed by atoms with Gasteiger partial charge in [0.25, 0.3) is 0 Å². The summed E-state index contributed by atoms with van der Waals surface area (Å²) >= 11 is 9.54. The number of carbonyl (C=O) groups is 3. The Morgan fingerprint density at radius 1 is 0.932 bits per heavy atom. The number of aliphatic imine (C=N–C) groups is 1. The third-order valence-corrected chi connectivity index (χ3v) is 16.5. The number of thiophene rings is 1. The molecule has 7 heterocycles. The number of nitrogens with one attached hydrogen (secondary N) is 2. The number of ether oxygens (including phenoxy) is 1. The number of aliphatic hydroxyl groups is 1. The first kappa shape index (κ1) is 50.0. The molecule has 19 heteroatoms. The van der Waals surface area contributed by atoms with Crippen molar-refractivity contribution in [2.24, 2.45) is 10.4 Å². The van der Waals surface area contributed by atoms with Crippen molar-refractivity contribution in [2.45, 2.75) is 123 Å². The summed E-state index contributed by atoms with van der Waals surface area (Å²) in [4.78, 5) is 60.2. The van der Waals surface area contributed by atoms with Crippen LogP contribution in [0.4, 0.5) is 0 Å².